The predicted molar refractivity (Wildman–Crippen MR) is 88.2 cm³/mol. The van der Waals surface area contributed by atoms with Crippen molar-refractivity contribution in [2.45, 2.75) is 78.2 Å². The largest absolute Gasteiger partial charge is 0.310 e. The van der Waals surface area contributed by atoms with Gasteiger partial charge in [-0.25, -0.2) is 0 Å². The molecule has 0 aliphatic carbocycles. The highest BCUT2D eigenvalue weighted by Crippen LogP contribution is 2.33. The van der Waals surface area contributed by atoms with Crippen LogP contribution in [0.3, 0.4) is 0 Å². The minimum atomic E-state index is 0.280. The lowest BCUT2D eigenvalue weighted by atomic mass is 9.95. The monoisotopic (exact) mass is 281 g/mol. The molecule has 0 bridgehead atoms. The van der Waals surface area contributed by atoms with E-state index in [1.54, 1.807) is 0 Å². The van der Waals surface area contributed by atoms with Crippen LogP contribution >= 0.6 is 11.3 Å². The van der Waals surface area contributed by atoms with Crippen molar-refractivity contribution < 1.29 is 0 Å². The Morgan fingerprint density at radius 3 is 2.37 bits per heavy atom. The molecule has 0 radical (unpaired) electrons. The van der Waals surface area contributed by atoms with Crippen molar-refractivity contribution in [2.75, 3.05) is 6.54 Å². The fourth-order valence-electron chi connectivity index (χ4n) is 2.31. The van der Waals surface area contributed by atoms with E-state index in [-0.39, 0.29) is 5.41 Å². The van der Waals surface area contributed by atoms with Gasteiger partial charge >= 0.3 is 0 Å². The zero-order valence-corrected chi connectivity index (χ0v) is 14.2. The summed E-state index contributed by atoms with van der Waals surface area (Å²) in [4.78, 5) is 3.02. The topological polar surface area (TPSA) is 12.0 Å². The highest BCUT2D eigenvalue weighted by atomic mass is 32.1. The minimum absolute atomic E-state index is 0.280. The van der Waals surface area contributed by atoms with Crippen molar-refractivity contribution in [1.82, 2.24) is 5.32 Å². The SMILES string of the molecule is CCCCCCC(NCC)c1ccc(C(C)(C)C)s1. The summed E-state index contributed by atoms with van der Waals surface area (Å²) in [7, 11) is 0. The molecule has 0 aromatic carbocycles. The molecule has 1 nitrogen and oxygen atoms in total. The maximum Gasteiger partial charge on any atom is 0.0414 e. The first-order valence-corrected chi connectivity index (χ1v) is 8.64. The Morgan fingerprint density at radius 2 is 1.84 bits per heavy atom. The van der Waals surface area contributed by atoms with Crippen molar-refractivity contribution in [3.63, 3.8) is 0 Å². The molecule has 0 saturated carbocycles. The van der Waals surface area contributed by atoms with Crippen LogP contribution in [0.1, 0.15) is 82.5 Å². The number of unbranched alkanes of at least 4 members (excludes halogenated alkanes) is 3. The summed E-state index contributed by atoms with van der Waals surface area (Å²) in [6, 6.07) is 5.21. The molecule has 2 heteroatoms. The lowest BCUT2D eigenvalue weighted by Crippen LogP contribution is -2.19. The Bertz CT molecular complexity index is 348. The molecule has 0 spiro atoms. The second-order valence-electron chi connectivity index (χ2n) is 6.41. The molecule has 1 rings (SSSR count). The highest BCUT2D eigenvalue weighted by molar-refractivity contribution is 7.12. The second kappa shape index (κ2) is 8.06. The van der Waals surface area contributed by atoms with Crippen molar-refractivity contribution >= 4 is 11.3 Å². The van der Waals surface area contributed by atoms with Gasteiger partial charge in [-0.3, -0.25) is 0 Å². The van der Waals surface area contributed by atoms with Gasteiger partial charge in [-0.05, 0) is 30.5 Å². The van der Waals surface area contributed by atoms with Gasteiger partial charge in [0.25, 0.3) is 0 Å². The second-order valence-corrected chi connectivity index (χ2v) is 7.53. The summed E-state index contributed by atoms with van der Waals surface area (Å²) < 4.78 is 0. The lowest BCUT2D eigenvalue weighted by molar-refractivity contribution is 0.487. The van der Waals surface area contributed by atoms with Crippen LogP contribution in [0.4, 0.5) is 0 Å². The van der Waals surface area contributed by atoms with Crippen LogP contribution in [0.25, 0.3) is 0 Å². The molecule has 1 unspecified atom stereocenters. The van der Waals surface area contributed by atoms with Crippen molar-refractivity contribution in [3.8, 4) is 0 Å². The molecule has 1 atom stereocenters. The van der Waals surface area contributed by atoms with E-state index in [2.05, 4.69) is 52.1 Å². The van der Waals surface area contributed by atoms with Gasteiger partial charge in [0.1, 0.15) is 0 Å². The first-order chi connectivity index (χ1) is 8.99. The van der Waals surface area contributed by atoms with E-state index in [1.165, 1.54) is 41.9 Å². The Kier molecular flexibility index (Phi) is 7.09. The van der Waals surface area contributed by atoms with Gasteiger partial charge in [0.05, 0.1) is 0 Å². The zero-order valence-electron chi connectivity index (χ0n) is 13.4. The fourth-order valence-corrected chi connectivity index (χ4v) is 3.49. The zero-order chi connectivity index (χ0) is 14.3. The molecule has 1 aromatic rings. The van der Waals surface area contributed by atoms with Gasteiger partial charge < -0.3 is 5.32 Å². The van der Waals surface area contributed by atoms with Gasteiger partial charge in [0.2, 0.25) is 0 Å². The summed E-state index contributed by atoms with van der Waals surface area (Å²) in [6.45, 7) is 12.4. The third kappa shape index (κ3) is 5.66. The molecule has 0 amide bonds. The molecule has 0 aliphatic heterocycles. The van der Waals surface area contributed by atoms with Crippen LogP contribution in [0.2, 0.25) is 0 Å². The van der Waals surface area contributed by atoms with Gasteiger partial charge in [-0.1, -0.05) is 60.3 Å². The Balaban J connectivity index is 2.62. The maximum absolute atomic E-state index is 3.65. The van der Waals surface area contributed by atoms with E-state index in [9.17, 15) is 0 Å². The van der Waals surface area contributed by atoms with Gasteiger partial charge in [-0.15, -0.1) is 11.3 Å². The van der Waals surface area contributed by atoms with Crippen LogP contribution in [-0.4, -0.2) is 6.54 Å². The Labute approximate surface area is 123 Å². The van der Waals surface area contributed by atoms with Gasteiger partial charge in [-0.2, -0.15) is 0 Å². The molecule has 1 aromatic heterocycles. The fraction of sp³-hybridized carbons (Fsp3) is 0.765. The van der Waals surface area contributed by atoms with Crippen molar-refractivity contribution in [3.05, 3.63) is 21.9 Å². The van der Waals surface area contributed by atoms with E-state index < -0.39 is 0 Å². The number of rotatable bonds is 8. The van der Waals surface area contributed by atoms with Crippen LogP contribution in [0.15, 0.2) is 12.1 Å². The van der Waals surface area contributed by atoms with Crippen LogP contribution < -0.4 is 5.32 Å². The number of hydrogen-bond donors (Lipinski definition) is 1. The van der Waals surface area contributed by atoms with E-state index in [0.29, 0.717) is 6.04 Å². The molecule has 1 heterocycles. The molecular formula is C17H31NS. The Morgan fingerprint density at radius 1 is 1.11 bits per heavy atom. The van der Waals surface area contributed by atoms with E-state index in [4.69, 9.17) is 0 Å². The normalized spacial score (nSPS) is 13.7. The number of nitrogens with one attached hydrogen (secondary N) is 1. The molecule has 19 heavy (non-hydrogen) atoms. The summed E-state index contributed by atoms with van der Waals surface area (Å²) in [5, 5.41) is 3.65. The average molecular weight is 282 g/mol. The summed E-state index contributed by atoms with van der Waals surface area (Å²) >= 11 is 1.99. The van der Waals surface area contributed by atoms with E-state index in [0.717, 1.165) is 6.54 Å². The van der Waals surface area contributed by atoms with E-state index >= 15 is 0 Å². The molecule has 0 aliphatic rings. The van der Waals surface area contributed by atoms with Crippen LogP contribution in [-0.2, 0) is 5.41 Å². The van der Waals surface area contributed by atoms with Gasteiger partial charge in [0.15, 0.2) is 0 Å². The highest BCUT2D eigenvalue weighted by Gasteiger charge is 2.19. The summed E-state index contributed by atoms with van der Waals surface area (Å²) in [6.07, 6.45) is 6.68. The summed E-state index contributed by atoms with van der Waals surface area (Å²) in [5.41, 5.74) is 0.280. The lowest BCUT2D eigenvalue weighted by Gasteiger charge is -2.18. The number of thiophene rings is 1. The number of hydrogen-bond acceptors (Lipinski definition) is 2. The quantitative estimate of drug-likeness (QED) is 0.606. The standard InChI is InChI=1S/C17H31NS/c1-6-8-9-10-11-14(18-7-2)15-12-13-16(19-15)17(3,4)5/h12-14,18H,6-11H2,1-5H3. The van der Waals surface area contributed by atoms with Crippen LogP contribution in [0, 0.1) is 0 Å². The van der Waals surface area contributed by atoms with E-state index in [1.807, 2.05) is 11.3 Å². The first-order valence-electron chi connectivity index (χ1n) is 7.82. The smallest absolute Gasteiger partial charge is 0.0414 e. The first kappa shape index (κ1) is 16.7. The molecule has 110 valence electrons. The van der Waals surface area contributed by atoms with Crippen LogP contribution in [0.5, 0.6) is 0 Å². The minimum Gasteiger partial charge on any atom is -0.310 e. The maximum atomic E-state index is 3.65. The predicted octanol–water partition coefficient (Wildman–Crippen LogP) is 5.67. The Hall–Kier alpha value is -0.340. The van der Waals surface area contributed by atoms with Crippen molar-refractivity contribution in [2.24, 2.45) is 0 Å². The third-order valence-corrected chi connectivity index (χ3v) is 5.13. The third-order valence-electron chi connectivity index (χ3n) is 3.51. The molecule has 0 fully saturated rings. The average Bonchev–Trinajstić information content (AvgIpc) is 2.82. The molecule has 1 N–H and O–H groups in total. The molecular weight excluding hydrogens is 250 g/mol. The van der Waals surface area contributed by atoms with Gasteiger partial charge in [0, 0.05) is 15.8 Å². The van der Waals surface area contributed by atoms with Crippen molar-refractivity contribution in [1.29, 1.82) is 0 Å². The summed E-state index contributed by atoms with van der Waals surface area (Å²) in [5.74, 6) is 0. The molecule has 0 saturated heterocycles.